The van der Waals surface area contributed by atoms with E-state index >= 15 is 0 Å². The molecule has 2 heterocycles. The number of esters is 1. The Morgan fingerprint density at radius 2 is 2.08 bits per heavy atom. The maximum Gasteiger partial charge on any atom is 0.316 e. The number of carbonyl (C=O) groups is 1. The molecule has 0 N–H and O–H groups in total. The van der Waals surface area contributed by atoms with Crippen molar-refractivity contribution in [1.29, 1.82) is 0 Å². The van der Waals surface area contributed by atoms with E-state index in [-0.39, 0.29) is 18.3 Å². The van der Waals surface area contributed by atoms with Crippen LogP contribution >= 0.6 is 11.8 Å². The molecule has 0 fully saturated rings. The molecule has 2 aromatic heterocycles. The first-order valence-electron chi connectivity index (χ1n) is 7.65. The Kier molecular flexibility index (Phi) is 5.18. The minimum Gasteiger partial charge on any atom is -0.483 e. The molecule has 0 aliphatic heterocycles. The number of hydrogen-bond acceptors (Lipinski definition) is 7. The summed E-state index contributed by atoms with van der Waals surface area (Å²) >= 11 is 1.27. The van der Waals surface area contributed by atoms with Gasteiger partial charge >= 0.3 is 5.97 Å². The van der Waals surface area contributed by atoms with Crippen LogP contribution in [0.3, 0.4) is 0 Å². The van der Waals surface area contributed by atoms with Crippen molar-refractivity contribution in [1.82, 2.24) is 19.7 Å². The van der Waals surface area contributed by atoms with E-state index in [2.05, 4.69) is 19.9 Å². The summed E-state index contributed by atoms with van der Waals surface area (Å²) in [4.78, 5) is 15.8. The van der Waals surface area contributed by atoms with Gasteiger partial charge in [0.25, 0.3) is 0 Å². The number of thioether (sulfide) groups is 1. The van der Waals surface area contributed by atoms with Gasteiger partial charge in [0.05, 0.1) is 12.9 Å². The highest BCUT2D eigenvalue weighted by Gasteiger charge is 2.13. The molecule has 0 radical (unpaired) electrons. The summed E-state index contributed by atoms with van der Waals surface area (Å²) in [5.41, 5.74) is 1.76. The Morgan fingerprint density at radius 1 is 1.24 bits per heavy atom. The molecule has 25 heavy (non-hydrogen) atoms. The van der Waals surface area contributed by atoms with E-state index in [0.29, 0.717) is 16.7 Å². The van der Waals surface area contributed by atoms with Crippen LogP contribution in [-0.2, 0) is 23.2 Å². The number of para-hydroxylation sites is 1. The molecular formula is C17H18N4O3S. The lowest BCUT2D eigenvalue weighted by atomic mass is 10.2. The second kappa shape index (κ2) is 7.52. The summed E-state index contributed by atoms with van der Waals surface area (Å²) in [6.07, 6.45) is 0. The number of aromatic nitrogens is 4. The van der Waals surface area contributed by atoms with Crippen LogP contribution in [0.15, 0.2) is 35.5 Å². The molecule has 7 nitrogen and oxygen atoms in total. The number of methoxy groups -OCH3 is 1. The number of benzene rings is 1. The van der Waals surface area contributed by atoms with Crippen molar-refractivity contribution >= 4 is 28.6 Å². The van der Waals surface area contributed by atoms with Gasteiger partial charge in [-0.3, -0.25) is 4.79 Å². The number of pyridine rings is 1. The van der Waals surface area contributed by atoms with Crippen LogP contribution in [0, 0.1) is 6.92 Å². The Balaban J connectivity index is 1.73. The van der Waals surface area contributed by atoms with Crippen LogP contribution in [0.1, 0.15) is 11.5 Å². The summed E-state index contributed by atoms with van der Waals surface area (Å²) in [5, 5.41) is 9.87. The highest BCUT2D eigenvalue weighted by Crippen LogP contribution is 2.25. The van der Waals surface area contributed by atoms with E-state index in [1.165, 1.54) is 18.9 Å². The Morgan fingerprint density at radius 3 is 2.88 bits per heavy atom. The van der Waals surface area contributed by atoms with Gasteiger partial charge in [-0.05, 0) is 19.1 Å². The molecule has 0 bridgehead atoms. The molecule has 130 valence electrons. The normalized spacial score (nSPS) is 10.8. The Labute approximate surface area is 149 Å². The third-order valence-corrected chi connectivity index (χ3v) is 4.64. The fraction of sp³-hybridized carbons (Fsp3) is 0.294. The topological polar surface area (TPSA) is 79.1 Å². The minimum atomic E-state index is -0.303. The van der Waals surface area contributed by atoms with Crippen LogP contribution in [-0.4, -0.2) is 38.6 Å². The lowest BCUT2D eigenvalue weighted by Crippen LogP contribution is -2.07. The van der Waals surface area contributed by atoms with Gasteiger partial charge in [-0.15, -0.1) is 10.2 Å². The number of rotatable bonds is 6. The monoisotopic (exact) mass is 358 g/mol. The van der Waals surface area contributed by atoms with E-state index < -0.39 is 0 Å². The molecule has 0 aliphatic rings. The van der Waals surface area contributed by atoms with Crippen LogP contribution in [0.2, 0.25) is 0 Å². The largest absolute Gasteiger partial charge is 0.483 e. The van der Waals surface area contributed by atoms with E-state index in [9.17, 15) is 4.79 Å². The summed E-state index contributed by atoms with van der Waals surface area (Å²) in [7, 11) is 3.20. The number of carbonyl (C=O) groups excluding carboxylic acids is 1. The molecule has 0 saturated carbocycles. The molecule has 0 saturated heterocycles. The van der Waals surface area contributed by atoms with Gasteiger partial charge in [0, 0.05) is 18.1 Å². The maximum absolute atomic E-state index is 11.2. The zero-order valence-corrected chi connectivity index (χ0v) is 15.0. The van der Waals surface area contributed by atoms with Crippen LogP contribution in [0.4, 0.5) is 0 Å². The second-order valence-corrected chi connectivity index (χ2v) is 6.33. The van der Waals surface area contributed by atoms with Gasteiger partial charge < -0.3 is 14.0 Å². The average Bonchev–Trinajstić information content (AvgIpc) is 2.97. The summed E-state index contributed by atoms with van der Waals surface area (Å²) in [6.45, 7) is 2.21. The Bertz CT molecular complexity index is 910. The number of ether oxygens (including phenoxy) is 2. The van der Waals surface area contributed by atoms with Crippen molar-refractivity contribution < 1.29 is 14.3 Å². The number of aryl methyl sites for hydroxylation is 1. The molecule has 0 atom stereocenters. The Hall–Kier alpha value is -2.61. The van der Waals surface area contributed by atoms with Gasteiger partial charge in [0.1, 0.15) is 17.9 Å². The van der Waals surface area contributed by atoms with Crippen LogP contribution in [0.25, 0.3) is 10.9 Å². The third kappa shape index (κ3) is 3.90. The predicted octanol–water partition coefficient (Wildman–Crippen LogP) is 2.52. The summed E-state index contributed by atoms with van der Waals surface area (Å²) < 4.78 is 12.3. The first kappa shape index (κ1) is 17.2. The summed E-state index contributed by atoms with van der Waals surface area (Å²) in [6, 6.07) is 9.81. The van der Waals surface area contributed by atoms with Gasteiger partial charge in [0.2, 0.25) is 0 Å². The minimum absolute atomic E-state index is 0.190. The number of hydrogen-bond donors (Lipinski definition) is 0. The van der Waals surface area contributed by atoms with Crippen molar-refractivity contribution in [2.45, 2.75) is 18.7 Å². The van der Waals surface area contributed by atoms with Crippen LogP contribution in [0.5, 0.6) is 5.75 Å². The van der Waals surface area contributed by atoms with Gasteiger partial charge in [0.15, 0.2) is 11.0 Å². The average molecular weight is 358 g/mol. The van der Waals surface area contributed by atoms with Crippen molar-refractivity contribution in [3.05, 3.63) is 41.9 Å². The zero-order valence-electron chi connectivity index (χ0n) is 14.2. The van der Waals surface area contributed by atoms with Crippen molar-refractivity contribution in [3.63, 3.8) is 0 Å². The maximum atomic E-state index is 11.2. The molecule has 0 unspecified atom stereocenters. The fourth-order valence-electron chi connectivity index (χ4n) is 2.26. The molecular weight excluding hydrogens is 340 g/mol. The van der Waals surface area contributed by atoms with Gasteiger partial charge in [-0.25, -0.2) is 4.98 Å². The molecule has 0 amide bonds. The van der Waals surface area contributed by atoms with Crippen molar-refractivity contribution in [2.24, 2.45) is 7.05 Å². The van der Waals surface area contributed by atoms with Crippen molar-refractivity contribution in [2.75, 3.05) is 12.9 Å². The molecule has 3 rings (SSSR count). The zero-order chi connectivity index (χ0) is 17.8. The second-order valence-electron chi connectivity index (χ2n) is 5.39. The third-order valence-electron chi connectivity index (χ3n) is 3.65. The molecule has 1 aromatic carbocycles. The fourth-order valence-corrected chi connectivity index (χ4v) is 3.02. The van der Waals surface area contributed by atoms with E-state index in [1.807, 2.05) is 44.3 Å². The standard InChI is InChI=1S/C17H18N4O3S/c1-11-7-8-12-5-4-6-13(16(12)18-11)24-9-14-19-20-17(21(14)2)25-10-15(22)23-3/h4-8H,9-10H2,1-3H3. The van der Waals surface area contributed by atoms with Crippen molar-refractivity contribution in [3.8, 4) is 5.75 Å². The van der Waals surface area contributed by atoms with E-state index in [4.69, 9.17) is 4.74 Å². The van der Waals surface area contributed by atoms with Gasteiger partial charge in [-0.2, -0.15) is 0 Å². The highest BCUT2D eigenvalue weighted by atomic mass is 32.2. The van der Waals surface area contributed by atoms with E-state index in [0.717, 1.165) is 16.6 Å². The highest BCUT2D eigenvalue weighted by molar-refractivity contribution is 7.99. The first-order valence-corrected chi connectivity index (χ1v) is 8.64. The smallest absolute Gasteiger partial charge is 0.316 e. The molecule has 3 aromatic rings. The predicted molar refractivity (Wildman–Crippen MR) is 94.6 cm³/mol. The lowest BCUT2D eigenvalue weighted by Gasteiger charge is -2.09. The van der Waals surface area contributed by atoms with Gasteiger partial charge in [-0.1, -0.05) is 30.0 Å². The first-order chi connectivity index (χ1) is 12.1. The van der Waals surface area contributed by atoms with Crippen LogP contribution < -0.4 is 4.74 Å². The SMILES string of the molecule is COC(=O)CSc1nnc(COc2cccc3ccc(C)nc23)n1C. The van der Waals surface area contributed by atoms with E-state index in [1.54, 1.807) is 4.57 Å². The summed E-state index contributed by atoms with van der Waals surface area (Å²) in [5.74, 6) is 1.25. The lowest BCUT2D eigenvalue weighted by molar-refractivity contribution is -0.137. The molecule has 0 spiro atoms. The quantitative estimate of drug-likeness (QED) is 0.495. The number of fused-ring (bicyclic) bond motifs is 1. The molecule has 0 aliphatic carbocycles. The molecule has 8 heteroatoms. The number of nitrogens with zero attached hydrogens (tertiary/aromatic N) is 4.